The summed E-state index contributed by atoms with van der Waals surface area (Å²) in [5, 5.41) is 4.56. The molecule has 3 heteroatoms. The number of halogens is 1. The van der Waals surface area contributed by atoms with E-state index in [-0.39, 0.29) is 0 Å². The quantitative estimate of drug-likeness (QED) is 0.439. The lowest BCUT2D eigenvalue weighted by Crippen LogP contribution is -2.21. The largest absolute Gasteiger partial charge is 0.380 e. The van der Waals surface area contributed by atoms with Crippen molar-refractivity contribution in [3.63, 3.8) is 0 Å². The summed E-state index contributed by atoms with van der Waals surface area (Å²) in [5.41, 5.74) is 0. The number of ether oxygens (including phenoxy) is 1. The van der Waals surface area contributed by atoms with Gasteiger partial charge in [-0.2, -0.15) is 0 Å². The van der Waals surface area contributed by atoms with Gasteiger partial charge in [0.05, 0.1) is 6.61 Å². The van der Waals surface area contributed by atoms with Crippen LogP contribution in [0.3, 0.4) is 0 Å². The zero-order chi connectivity index (χ0) is 12.1. The molecular formula is C13H28BrNO. The first kappa shape index (κ1) is 16.4. The van der Waals surface area contributed by atoms with Crippen molar-refractivity contribution in [2.24, 2.45) is 5.92 Å². The molecule has 1 N–H and O–H groups in total. The third-order valence-corrected chi connectivity index (χ3v) is 3.06. The Morgan fingerprint density at radius 1 is 1.00 bits per heavy atom. The summed E-state index contributed by atoms with van der Waals surface area (Å²) in [4.78, 5) is 0. The number of rotatable bonds is 12. The van der Waals surface area contributed by atoms with Crippen LogP contribution < -0.4 is 5.32 Å². The molecule has 0 heterocycles. The van der Waals surface area contributed by atoms with E-state index in [9.17, 15) is 0 Å². The van der Waals surface area contributed by atoms with Gasteiger partial charge in [-0.05, 0) is 31.7 Å². The Kier molecular flexibility index (Phi) is 13.8. The average molecular weight is 294 g/mol. The van der Waals surface area contributed by atoms with Crippen LogP contribution in [0.25, 0.3) is 0 Å². The molecule has 0 aliphatic carbocycles. The van der Waals surface area contributed by atoms with Crippen molar-refractivity contribution in [2.45, 2.75) is 46.0 Å². The topological polar surface area (TPSA) is 21.3 Å². The Labute approximate surface area is 110 Å². The molecule has 0 spiro atoms. The van der Waals surface area contributed by atoms with Gasteiger partial charge in [0.1, 0.15) is 0 Å². The highest BCUT2D eigenvalue weighted by Crippen LogP contribution is 2.01. The molecule has 0 aliphatic heterocycles. The zero-order valence-electron chi connectivity index (χ0n) is 10.9. The van der Waals surface area contributed by atoms with Crippen molar-refractivity contribution in [1.82, 2.24) is 5.32 Å². The van der Waals surface area contributed by atoms with Gasteiger partial charge in [0.15, 0.2) is 0 Å². The molecule has 0 aliphatic rings. The molecular weight excluding hydrogens is 266 g/mol. The molecule has 98 valence electrons. The summed E-state index contributed by atoms with van der Waals surface area (Å²) in [6, 6.07) is 0. The zero-order valence-corrected chi connectivity index (χ0v) is 12.5. The van der Waals surface area contributed by atoms with Gasteiger partial charge in [-0.25, -0.2) is 0 Å². The first-order valence-electron chi connectivity index (χ1n) is 6.61. The van der Waals surface area contributed by atoms with Crippen LogP contribution in [-0.2, 0) is 4.74 Å². The average Bonchev–Trinajstić information content (AvgIpc) is 2.25. The number of hydrogen-bond acceptors (Lipinski definition) is 2. The number of unbranched alkanes of at least 4 members (excludes halogenated alkanes) is 3. The van der Waals surface area contributed by atoms with E-state index in [0.717, 1.165) is 37.6 Å². The molecule has 0 aromatic carbocycles. The van der Waals surface area contributed by atoms with Crippen LogP contribution in [0, 0.1) is 5.92 Å². The van der Waals surface area contributed by atoms with E-state index in [0.29, 0.717) is 0 Å². The molecule has 0 saturated heterocycles. The van der Waals surface area contributed by atoms with E-state index in [1.807, 2.05) is 0 Å². The first-order valence-corrected chi connectivity index (χ1v) is 7.74. The third kappa shape index (κ3) is 14.4. The molecule has 0 amide bonds. The lowest BCUT2D eigenvalue weighted by atomic mass is 10.1. The van der Waals surface area contributed by atoms with Crippen molar-refractivity contribution in [1.29, 1.82) is 0 Å². The van der Waals surface area contributed by atoms with E-state index >= 15 is 0 Å². The maximum atomic E-state index is 5.52. The SMILES string of the molecule is CC(C)CCOCCNCCCCCCBr. The van der Waals surface area contributed by atoms with Crippen LogP contribution >= 0.6 is 15.9 Å². The molecule has 0 aromatic heterocycles. The van der Waals surface area contributed by atoms with Gasteiger partial charge in [0, 0.05) is 18.5 Å². The number of alkyl halides is 1. The fourth-order valence-corrected chi connectivity index (χ4v) is 1.78. The molecule has 0 unspecified atom stereocenters. The van der Waals surface area contributed by atoms with Gasteiger partial charge in [-0.1, -0.05) is 42.6 Å². The predicted octanol–water partition coefficient (Wildman–Crippen LogP) is 3.59. The molecule has 0 rings (SSSR count). The van der Waals surface area contributed by atoms with Crippen LogP contribution in [-0.4, -0.2) is 31.6 Å². The Morgan fingerprint density at radius 3 is 2.44 bits per heavy atom. The van der Waals surface area contributed by atoms with Gasteiger partial charge in [0.2, 0.25) is 0 Å². The highest BCUT2D eigenvalue weighted by Gasteiger charge is 1.94. The van der Waals surface area contributed by atoms with E-state index in [1.54, 1.807) is 0 Å². The minimum atomic E-state index is 0.752. The Bertz CT molecular complexity index is 131. The monoisotopic (exact) mass is 293 g/mol. The molecule has 0 radical (unpaired) electrons. The Hall–Kier alpha value is 0.400. The van der Waals surface area contributed by atoms with Gasteiger partial charge < -0.3 is 10.1 Å². The molecule has 0 aromatic rings. The van der Waals surface area contributed by atoms with E-state index in [1.165, 1.54) is 32.1 Å². The van der Waals surface area contributed by atoms with Crippen molar-refractivity contribution in [3.05, 3.63) is 0 Å². The second-order valence-corrected chi connectivity index (χ2v) is 5.44. The maximum absolute atomic E-state index is 5.52. The van der Waals surface area contributed by atoms with Crippen LogP contribution in [0.1, 0.15) is 46.0 Å². The molecule has 0 fully saturated rings. The number of hydrogen-bond donors (Lipinski definition) is 1. The normalized spacial score (nSPS) is 11.2. The first-order chi connectivity index (χ1) is 7.77. The lowest BCUT2D eigenvalue weighted by Gasteiger charge is -2.07. The molecule has 0 atom stereocenters. The summed E-state index contributed by atoms with van der Waals surface area (Å²) in [6.45, 7) is 8.36. The fourth-order valence-electron chi connectivity index (χ4n) is 1.39. The van der Waals surface area contributed by atoms with Crippen molar-refractivity contribution in [3.8, 4) is 0 Å². The fraction of sp³-hybridized carbons (Fsp3) is 1.00. The summed E-state index contributed by atoms with van der Waals surface area (Å²) in [5.74, 6) is 0.752. The minimum absolute atomic E-state index is 0.752. The summed E-state index contributed by atoms with van der Waals surface area (Å²) >= 11 is 3.45. The van der Waals surface area contributed by atoms with Crippen LogP contribution in [0.5, 0.6) is 0 Å². The van der Waals surface area contributed by atoms with E-state index in [2.05, 4.69) is 35.1 Å². The smallest absolute Gasteiger partial charge is 0.0590 e. The van der Waals surface area contributed by atoms with Crippen molar-refractivity contribution < 1.29 is 4.74 Å². The second-order valence-electron chi connectivity index (χ2n) is 4.65. The standard InChI is InChI=1S/C13H28BrNO/c1-13(2)7-11-16-12-10-15-9-6-4-3-5-8-14/h13,15H,3-12H2,1-2H3. The van der Waals surface area contributed by atoms with Crippen LogP contribution in [0.15, 0.2) is 0 Å². The summed E-state index contributed by atoms with van der Waals surface area (Å²) in [6.07, 6.45) is 6.45. The van der Waals surface area contributed by atoms with Crippen LogP contribution in [0.4, 0.5) is 0 Å². The molecule has 2 nitrogen and oxygen atoms in total. The highest BCUT2D eigenvalue weighted by atomic mass is 79.9. The summed E-state index contributed by atoms with van der Waals surface area (Å²) < 4.78 is 5.52. The number of nitrogens with one attached hydrogen (secondary N) is 1. The molecule has 0 bridgehead atoms. The van der Waals surface area contributed by atoms with Crippen molar-refractivity contribution in [2.75, 3.05) is 31.6 Å². The Balaban J connectivity index is 2.88. The lowest BCUT2D eigenvalue weighted by molar-refractivity contribution is 0.125. The maximum Gasteiger partial charge on any atom is 0.0590 e. The predicted molar refractivity (Wildman–Crippen MR) is 75.4 cm³/mol. The molecule has 0 saturated carbocycles. The second kappa shape index (κ2) is 13.5. The van der Waals surface area contributed by atoms with Gasteiger partial charge in [-0.15, -0.1) is 0 Å². The molecule has 16 heavy (non-hydrogen) atoms. The van der Waals surface area contributed by atoms with Gasteiger partial charge in [-0.3, -0.25) is 0 Å². The minimum Gasteiger partial charge on any atom is -0.380 e. The van der Waals surface area contributed by atoms with Crippen LogP contribution in [0.2, 0.25) is 0 Å². The van der Waals surface area contributed by atoms with Gasteiger partial charge >= 0.3 is 0 Å². The highest BCUT2D eigenvalue weighted by molar-refractivity contribution is 9.09. The van der Waals surface area contributed by atoms with E-state index < -0.39 is 0 Å². The van der Waals surface area contributed by atoms with Crippen molar-refractivity contribution >= 4 is 15.9 Å². The Morgan fingerprint density at radius 2 is 1.75 bits per heavy atom. The van der Waals surface area contributed by atoms with E-state index in [4.69, 9.17) is 4.74 Å². The summed E-state index contributed by atoms with van der Waals surface area (Å²) in [7, 11) is 0. The third-order valence-electron chi connectivity index (χ3n) is 2.50. The van der Waals surface area contributed by atoms with Gasteiger partial charge in [0.25, 0.3) is 0 Å².